The summed E-state index contributed by atoms with van der Waals surface area (Å²) in [7, 11) is 0. The van der Waals surface area contributed by atoms with E-state index in [-0.39, 0.29) is 28.1 Å². The molecule has 2 amide bonds. The van der Waals surface area contributed by atoms with Gasteiger partial charge in [0.2, 0.25) is 0 Å². The van der Waals surface area contributed by atoms with Gasteiger partial charge in [-0.1, -0.05) is 31.4 Å². The van der Waals surface area contributed by atoms with Crippen LogP contribution in [0, 0.1) is 0 Å². The van der Waals surface area contributed by atoms with Crippen LogP contribution in [0.3, 0.4) is 0 Å². The Bertz CT molecular complexity index is 1740. The van der Waals surface area contributed by atoms with Gasteiger partial charge in [0.15, 0.2) is 5.69 Å². The number of fused-ring (bicyclic) bond motifs is 3. The molecule has 1 aliphatic carbocycles. The number of thiophene rings is 1. The fourth-order valence-electron chi connectivity index (χ4n) is 6.01. The number of amides is 2. The van der Waals surface area contributed by atoms with Crippen LogP contribution >= 0.6 is 11.3 Å². The zero-order valence-corrected chi connectivity index (χ0v) is 25.3. The first-order chi connectivity index (χ1) is 21.2. The molecule has 2 aromatic heterocycles. The molecule has 1 saturated carbocycles. The van der Waals surface area contributed by atoms with Gasteiger partial charge in [-0.15, -0.1) is 11.3 Å². The number of carbonyl (C=O) groups excluding carboxylic acids is 2. The number of aromatic nitrogens is 1. The largest absolute Gasteiger partial charge is 0.493 e. The summed E-state index contributed by atoms with van der Waals surface area (Å²) in [5.74, 6) is -1.60. The predicted molar refractivity (Wildman–Crippen MR) is 170 cm³/mol. The van der Waals surface area contributed by atoms with Crippen molar-refractivity contribution in [3.63, 3.8) is 0 Å². The third-order valence-corrected chi connectivity index (χ3v) is 9.42. The number of nitrogens with two attached hydrogens (primary N) is 1. The van der Waals surface area contributed by atoms with Crippen LogP contribution in [0.4, 0.5) is 5.69 Å². The van der Waals surface area contributed by atoms with E-state index >= 15 is 0 Å². The summed E-state index contributed by atoms with van der Waals surface area (Å²) in [6.07, 6.45) is 5.61. The van der Waals surface area contributed by atoms with E-state index in [1.807, 2.05) is 24.4 Å². The molecule has 0 radical (unpaired) electrons. The molecular weight excluding hydrogens is 576 g/mol. The Morgan fingerprint density at radius 3 is 2.48 bits per heavy atom. The molecule has 4 aromatic rings. The van der Waals surface area contributed by atoms with Gasteiger partial charge in [0.25, 0.3) is 11.8 Å². The molecule has 5 N–H and O–H groups in total. The summed E-state index contributed by atoms with van der Waals surface area (Å²) < 4.78 is 6.12. The zero-order chi connectivity index (χ0) is 30.8. The molecule has 3 heterocycles. The van der Waals surface area contributed by atoms with E-state index in [0.29, 0.717) is 36.6 Å². The predicted octanol–water partition coefficient (Wildman–Crippen LogP) is 6.27. The van der Waals surface area contributed by atoms with Crippen molar-refractivity contribution in [3.05, 3.63) is 88.1 Å². The molecular formula is C34H34N4O5S. The van der Waals surface area contributed by atoms with Crippen LogP contribution in [0.15, 0.2) is 60.0 Å². The van der Waals surface area contributed by atoms with Gasteiger partial charge in [-0.2, -0.15) is 0 Å². The number of carboxylic acids is 1. The Hall–Kier alpha value is -4.54. The van der Waals surface area contributed by atoms with Gasteiger partial charge in [0.1, 0.15) is 11.4 Å². The van der Waals surface area contributed by atoms with Crippen LogP contribution < -0.4 is 21.1 Å². The maximum absolute atomic E-state index is 13.9. The quantitative estimate of drug-likeness (QED) is 0.193. The lowest BCUT2D eigenvalue weighted by atomic mass is 9.83. The minimum absolute atomic E-state index is 0.0122. The van der Waals surface area contributed by atoms with E-state index in [9.17, 15) is 19.5 Å². The highest BCUT2D eigenvalue weighted by Gasteiger charge is 2.31. The first-order valence-corrected chi connectivity index (χ1v) is 15.7. The molecule has 226 valence electrons. The van der Waals surface area contributed by atoms with Crippen LogP contribution in [-0.4, -0.2) is 40.0 Å². The first kappa shape index (κ1) is 29.5. The Labute approximate surface area is 259 Å². The molecule has 0 spiro atoms. The third kappa shape index (κ3) is 5.95. The number of hydrogen-bond donors (Lipinski definition) is 4. The van der Waals surface area contributed by atoms with Crippen molar-refractivity contribution in [1.29, 1.82) is 0 Å². The number of pyridine rings is 1. The molecule has 9 nitrogen and oxygen atoms in total. The summed E-state index contributed by atoms with van der Waals surface area (Å²) in [5.41, 5.74) is 9.26. The number of rotatable bonds is 7. The summed E-state index contributed by atoms with van der Waals surface area (Å²) >= 11 is 1.56. The van der Waals surface area contributed by atoms with E-state index in [0.717, 1.165) is 53.7 Å². The molecule has 1 aliphatic heterocycles. The topological polar surface area (TPSA) is 144 Å². The van der Waals surface area contributed by atoms with E-state index in [4.69, 9.17) is 10.5 Å². The number of nitrogens with zero attached hydrogens (tertiary/aromatic N) is 1. The number of aromatic carboxylic acids is 1. The second kappa shape index (κ2) is 12.2. The molecule has 0 bridgehead atoms. The number of benzene rings is 2. The second-order valence-corrected chi connectivity index (χ2v) is 12.5. The monoisotopic (exact) mass is 610 g/mol. The number of ether oxygens (including phenoxy) is 1. The summed E-state index contributed by atoms with van der Waals surface area (Å²) in [6, 6.07) is 15.8. The fourth-order valence-corrected chi connectivity index (χ4v) is 6.99. The molecule has 2 aromatic carbocycles. The average molecular weight is 611 g/mol. The molecule has 44 heavy (non-hydrogen) atoms. The lowest BCUT2D eigenvalue weighted by Crippen LogP contribution is -2.47. The van der Waals surface area contributed by atoms with Crippen molar-refractivity contribution < 1.29 is 24.2 Å². The van der Waals surface area contributed by atoms with Gasteiger partial charge in [-0.25, -0.2) is 9.78 Å². The Balaban J connectivity index is 1.44. The smallest absolute Gasteiger partial charge is 0.355 e. The molecule has 6 rings (SSSR count). The lowest BCUT2D eigenvalue weighted by Gasteiger charge is -2.34. The summed E-state index contributed by atoms with van der Waals surface area (Å²) in [6.45, 7) is 2.83. The van der Waals surface area contributed by atoms with E-state index in [1.54, 1.807) is 41.7 Å². The molecule has 10 heteroatoms. The van der Waals surface area contributed by atoms with E-state index < -0.39 is 17.8 Å². The van der Waals surface area contributed by atoms with Crippen LogP contribution in [0.25, 0.3) is 21.6 Å². The number of anilines is 1. The molecule has 2 aliphatic rings. The van der Waals surface area contributed by atoms with Gasteiger partial charge in [0.05, 0.1) is 6.61 Å². The first-order valence-electron chi connectivity index (χ1n) is 14.8. The van der Waals surface area contributed by atoms with Crippen LogP contribution in [-0.2, 0) is 13.0 Å². The number of hydrogen-bond acceptors (Lipinski definition) is 7. The van der Waals surface area contributed by atoms with Crippen LogP contribution in [0.1, 0.15) is 81.5 Å². The highest BCUT2D eigenvalue weighted by atomic mass is 32.1. The van der Waals surface area contributed by atoms with Crippen molar-refractivity contribution in [1.82, 2.24) is 10.3 Å². The minimum atomic E-state index is -1.31. The van der Waals surface area contributed by atoms with E-state index in [1.165, 1.54) is 6.07 Å². The Kier molecular flexibility index (Phi) is 8.20. The minimum Gasteiger partial charge on any atom is -0.493 e. The molecule has 1 fully saturated rings. The standard InChI is InChI=1S/C34H34N4O5S/c1-34(13-3-2-4-14-34)38-32(40)27-10-9-23(29(37-27)33(41)42)24-18-28-26(30-21(11-15-43-28)12-16-44-30)17-25(24)31(39)36-22-7-5-20(19-35)6-8-22/h5-10,12,16-18H,2-4,11,13-15,19,35H2,1H3,(H,36,39)(H,38,40)(H,41,42). The van der Waals surface area contributed by atoms with Crippen molar-refractivity contribution >= 4 is 34.8 Å². The summed E-state index contributed by atoms with van der Waals surface area (Å²) in [5, 5.41) is 18.3. The maximum Gasteiger partial charge on any atom is 0.355 e. The average Bonchev–Trinajstić information content (AvgIpc) is 3.42. The van der Waals surface area contributed by atoms with Crippen LogP contribution in [0.2, 0.25) is 0 Å². The number of nitrogens with one attached hydrogen (secondary N) is 2. The molecule has 0 saturated heterocycles. The Morgan fingerprint density at radius 2 is 1.75 bits per heavy atom. The van der Waals surface area contributed by atoms with Gasteiger partial charge >= 0.3 is 5.97 Å². The van der Waals surface area contributed by atoms with Gasteiger partial charge < -0.3 is 26.2 Å². The van der Waals surface area contributed by atoms with Crippen molar-refractivity contribution in [3.8, 4) is 27.3 Å². The van der Waals surface area contributed by atoms with Gasteiger partial charge in [0, 0.05) is 51.3 Å². The number of carboxylic acid groups (broad SMARTS) is 1. The van der Waals surface area contributed by atoms with Crippen LogP contribution in [0.5, 0.6) is 5.75 Å². The Morgan fingerprint density at radius 1 is 0.977 bits per heavy atom. The summed E-state index contributed by atoms with van der Waals surface area (Å²) in [4.78, 5) is 45.0. The number of carbonyl (C=O) groups is 3. The molecule has 0 unspecified atom stereocenters. The third-order valence-electron chi connectivity index (χ3n) is 8.43. The SMILES string of the molecule is CC1(NC(=O)c2ccc(-c3cc4c(cc3C(=O)Nc3ccc(CN)cc3)-c3sccc3CCO4)c(C(=O)O)n2)CCCCC1. The highest BCUT2D eigenvalue weighted by molar-refractivity contribution is 7.13. The van der Waals surface area contributed by atoms with Crippen molar-refractivity contribution in [2.45, 2.75) is 57.5 Å². The van der Waals surface area contributed by atoms with Crippen molar-refractivity contribution in [2.75, 3.05) is 11.9 Å². The maximum atomic E-state index is 13.9. The normalized spacial score (nSPS) is 15.2. The zero-order valence-electron chi connectivity index (χ0n) is 24.4. The van der Waals surface area contributed by atoms with Gasteiger partial charge in [-0.3, -0.25) is 9.59 Å². The highest BCUT2D eigenvalue weighted by Crippen LogP contribution is 2.43. The lowest BCUT2D eigenvalue weighted by molar-refractivity contribution is 0.0691. The van der Waals surface area contributed by atoms with Gasteiger partial charge in [-0.05, 0) is 78.7 Å². The fraction of sp³-hybridized carbons (Fsp3) is 0.294. The second-order valence-electron chi connectivity index (χ2n) is 11.6. The van der Waals surface area contributed by atoms with Crippen molar-refractivity contribution in [2.24, 2.45) is 5.73 Å². The molecule has 0 atom stereocenters. The van der Waals surface area contributed by atoms with E-state index in [2.05, 4.69) is 21.7 Å².